The van der Waals surface area contributed by atoms with Gasteiger partial charge >= 0.3 is 0 Å². The van der Waals surface area contributed by atoms with Gasteiger partial charge in [-0.2, -0.15) is 0 Å². The number of carbonyl (C=O) groups is 1. The molecule has 0 unspecified atom stereocenters. The summed E-state index contributed by atoms with van der Waals surface area (Å²) in [6, 6.07) is 8.07. The average Bonchev–Trinajstić information content (AvgIpc) is 3.17. The summed E-state index contributed by atoms with van der Waals surface area (Å²) in [7, 11) is 0. The predicted molar refractivity (Wildman–Crippen MR) is 122 cm³/mol. The molecule has 1 aromatic carbocycles. The summed E-state index contributed by atoms with van der Waals surface area (Å²) in [6.45, 7) is 1.62. The van der Waals surface area contributed by atoms with Crippen molar-refractivity contribution in [2.75, 3.05) is 12.3 Å². The van der Waals surface area contributed by atoms with Crippen LogP contribution in [0.4, 0.5) is 5.82 Å². The van der Waals surface area contributed by atoms with Gasteiger partial charge < -0.3 is 15.6 Å². The van der Waals surface area contributed by atoms with Crippen LogP contribution in [0.1, 0.15) is 51.4 Å². The number of aryl methyl sites for hydroxylation is 1. The molecule has 0 spiro atoms. The number of hydrogen-bond acceptors (Lipinski definition) is 4. The molecule has 0 atom stereocenters. The molecule has 7 rings (SSSR count). The van der Waals surface area contributed by atoms with Crippen LogP contribution in [-0.2, 0) is 11.3 Å². The molecule has 2 aromatic heterocycles. The van der Waals surface area contributed by atoms with E-state index in [9.17, 15) is 4.79 Å². The second kappa shape index (κ2) is 7.21. The van der Waals surface area contributed by atoms with Crippen molar-refractivity contribution in [1.82, 2.24) is 19.9 Å². The molecule has 4 fully saturated rings. The number of hydrogen-bond donors (Lipinski definition) is 2. The van der Waals surface area contributed by atoms with Crippen molar-refractivity contribution in [1.29, 1.82) is 0 Å². The van der Waals surface area contributed by atoms with Crippen LogP contribution in [0.25, 0.3) is 21.9 Å². The zero-order valence-electron chi connectivity index (χ0n) is 18.0. The minimum atomic E-state index is -0.0429. The Morgan fingerprint density at radius 2 is 1.81 bits per heavy atom. The minimum Gasteiger partial charge on any atom is -0.382 e. The van der Waals surface area contributed by atoms with Crippen molar-refractivity contribution in [3.8, 4) is 0 Å². The van der Waals surface area contributed by atoms with Crippen LogP contribution in [0, 0.1) is 23.2 Å². The van der Waals surface area contributed by atoms with Crippen molar-refractivity contribution < 1.29 is 4.79 Å². The highest BCUT2D eigenvalue weighted by molar-refractivity contribution is 6.06. The predicted octanol–water partition coefficient (Wildman–Crippen LogP) is 4.28. The molecule has 0 saturated heterocycles. The fraction of sp³-hybridized carbons (Fsp3) is 0.560. The van der Waals surface area contributed by atoms with Crippen LogP contribution in [0.2, 0.25) is 0 Å². The smallest absolute Gasteiger partial charge is 0.226 e. The highest BCUT2D eigenvalue weighted by Crippen LogP contribution is 2.60. The number of nitrogen functional groups attached to an aromatic ring is 1. The number of pyridine rings is 1. The van der Waals surface area contributed by atoms with E-state index in [1.54, 1.807) is 0 Å². The molecule has 4 bridgehead atoms. The number of para-hydroxylation sites is 1. The van der Waals surface area contributed by atoms with Crippen molar-refractivity contribution in [2.24, 2.45) is 23.2 Å². The van der Waals surface area contributed by atoms with Crippen LogP contribution in [0.3, 0.4) is 0 Å². The lowest BCUT2D eigenvalue weighted by Crippen LogP contribution is -2.53. The highest BCUT2D eigenvalue weighted by Gasteiger charge is 2.54. The Balaban J connectivity index is 1.08. The van der Waals surface area contributed by atoms with Crippen LogP contribution < -0.4 is 11.1 Å². The summed E-state index contributed by atoms with van der Waals surface area (Å²) in [6.07, 6.45) is 11.3. The van der Waals surface area contributed by atoms with Gasteiger partial charge in [-0.3, -0.25) is 4.79 Å². The van der Waals surface area contributed by atoms with Gasteiger partial charge in [-0.1, -0.05) is 18.2 Å². The third-order valence-corrected chi connectivity index (χ3v) is 8.11. The molecule has 162 valence electrons. The molecular weight excluding hydrogens is 386 g/mol. The fourth-order valence-electron chi connectivity index (χ4n) is 7.16. The Labute approximate surface area is 182 Å². The van der Waals surface area contributed by atoms with E-state index in [0.29, 0.717) is 11.7 Å². The molecule has 2 heterocycles. The number of nitrogens with two attached hydrogens (primary N) is 1. The number of anilines is 1. The Kier molecular flexibility index (Phi) is 4.44. The van der Waals surface area contributed by atoms with Gasteiger partial charge in [-0.15, -0.1) is 0 Å². The quantitative estimate of drug-likeness (QED) is 0.586. The molecule has 0 radical (unpaired) electrons. The van der Waals surface area contributed by atoms with E-state index in [4.69, 9.17) is 5.73 Å². The Morgan fingerprint density at radius 1 is 1.10 bits per heavy atom. The number of benzene rings is 1. The van der Waals surface area contributed by atoms with Crippen LogP contribution in [0.15, 0.2) is 30.6 Å². The first-order chi connectivity index (χ1) is 15.1. The lowest BCUT2D eigenvalue weighted by molar-refractivity contribution is -0.146. The number of imidazole rings is 1. The monoisotopic (exact) mass is 417 g/mol. The molecule has 31 heavy (non-hydrogen) atoms. The van der Waals surface area contributed by atoms with Crippen molar-refractivity contribution in [3.05, 3.63) is 30.6 Å². The van der Waals surface area contributed by atoms with E-state index in [0.717, 1.165) is 84.9 Å². The molecule has 4 aliphatic carbocycles. The maximum atomic E-state index is 13.1. The van der Waals surface area contributed by atoms with Crippen LogP contribution in [-0.4, -0.2) is 27.0 Å². The van der Waals surface area contributed by atoms with E-state index in [1.807, 2.05) is 24.5 Å². The van der Waals surface area contributed by atoms with Gasteiger partial charge in [0.05, 0.1) is 17.4 Å². The van der Waals surface area contributed by atoms with Gasteiger partial charge in [-0.05, 0) is 75.2 Å². The van der Waals surface area contributed by atoms with Crippen molar-refractivity contribution >= 4 is 33.7 Å². The normalized spacial score (nSPS) is 29.1. The molecular formula is C25H31N5O. The SMILES string of the molecule is Nc1nc2ccccc2c2c1ncn2CCCCNC(=O)C12CC3CC(CC(C3)C1)C2. The van der Waals surface area contributed by atoms with Crippen LogP contribution in [0.5, 0.6) is 0 Å². The van der Waals surface area contributed by atoms with Gasteiger partial charge in [0, 0.05) is 23.9 Å². The summed E-state index contributed by atoms with van der Waals surface area (Å²) in [5.41, 5.74) is 8.82. The molecule has 3 N–H and O–H groups in total. The van der Waals surface area contributed by atoms with E-state index in [2.05, 4.69) is 25.9 Å². The average molecular weight is 418 g/mol. The van der Waals surface area contributed by atoms with Gasteiger partial charge in [0.25, 0.3) is 0 Å². The summed E-state index contributed by atoms with van der Waals surface area (Å²) in [5, 5.41) is 4.38. The summed E-state index contributed by atoms with van der Waals surface area (Å²) < 4.78 is 2.18. The van der Waals surface area contributed by atoms with E-state index in [1.165, 1.54) is 19.3 Å². The Bertz CT molecular complexity index is 1110. The number of fused-ring (bicyclic) bond motifs is 3. The van der Waals surface area contributed by atoms with Gasteiger partial charge in [-0.25, -0.2) is 9.97 Å². The van der Waals surface area contributed by atoms with E-state index < -0.39 is 0 Å². The molecule has 4 saturated carbocycles. The number of aromatic nitrogens is 3. The number of nitrogens with zero attached hydrogens (tertiary/aromatic N) is 3. The third-order valence-electron chi connectivity index (χ3n) is 8.11. The first-order valence-corrected chi connectivity index (χ1v) is 11.9. The topological polar surface area (TPSA) is 85.8 Å². The number of amides is 1. The second-order valence-corrected chi connectivity index (χ2v) is 10.3. The van der Waals surface area contributed by atoms with Crippen molar-refractivity contribution in [2.45, 2.75) is 57.9 Å². The fourth-order valence-corrected chi connectivity index (χ4v) is 7.16. The van der Waals surface area contributed by atoms with E-state index in [-0.39, 0.29) is 5.41 Å². The highest BCUT2D eigenvalue weighted by atomic mass is 16.2. The van der Waals surface area contributed by atoms with Gasteiger partial charge in [0.1, 0.15) is 5.52 Å². The molecule has 3 aromatic rings. The van der Waals surface area contributed by atoms with E-state index >= 15 is 0 Å². The molecule has 6 heteroatoms. The third kappa shape index (κ3) is 3.19. The first kappa shape index (κ1) is 19.1. The van der Waals surface area contributed by atoms with Crippen LogP contribution >= 0.6 is 0 Å². The number of carbonyl (C=O) groups excluding carboxylic acids is 1. The number of unbranched alkanes of at least 4 members (excludes halogenated alkanes) is 1. The first-order valence-electron chi connectivity index (χ1n) is 11.9. The lowest BCUT2D eigenvalue weighted by Gasteiger charge is -2.55. The van der Waals surface area contributed by atoms with Gasteiger partial charge in [0.2, 0.25) is 5.91 Å². The summed E-state index contributed by atoms with van der Waals surface area (Å²) >= 11 is 0. The largest absolute Gasteiger partial charge is 0.382 e. The van der Waals surface area contributed by atoms with Gasteiger partial charge in [0.15, 0.2) is 5.82 Å². The standard InChI is InChI=1S/C25H31N5O/c26-23-21-22(19-5-1-2-6-20(19)29-23)30(15-28-21)8-4-3-7-27-24(31)25-12-16-9-17(13-25)11-18(10-16)14-25/h1-2,5-6,15-18H,3-4,7-14H2,(H2,26,29)(H,27,31). The summed E-state index contributed by atoms with van der Waals surface area (Å²) in [5.74, 6) is 3.25. The number of rotatable bonds is 6. The lowest BCUT2D eigenvalue weighted by atomic mass is 9.49. The maximum Gasteiger partial charge on any atom is 0.226 e. The zero-order valence-corrected chi connectivity index (χ0v) is 18.0. The molecule has 1 amide bonds. The minimum absolute atomic E-state index is 0.0429. The molecule has 4 aliphatic rings. The molecule has 0 aliphatic heterocycles. The molecule has 6 nitrogen and oxygen atoms in total. The number of nitrogens with one attached hydrogen (secondary N) is 1. The maximum absolute atomic E-state index is 13.1. The Hall–Kier alpha value is -2.63. The zero-order chi connectivity index (χ0) is 21.0. The second-order valence-electron chi connectivity index (χ2n) is 10.3. The Morgan fingerprint density at radius 3 is 2.55 bits per heavy atom. The van der Waals surface area contributed by atoms with Crippen molar-refractivity contribution in [3.63, 3.8) is 0 Å². The summed E-state index contributed by atoms with van der Waals surface area (Å²) in [4.78, 5) is 22.1.